The van der Waals surface area contributed by atoms with E-state index >= 15 is 0 Å². The van der Waals surface area contributed by atoms with Gasteiger partial charge < -0.3 is 9.63 Å². The predicted octanol–water partition coefficient (Wildman–Crippen LogP) is 2.61. The quantitative estimate of drug-likeness (QED) is 0.918. The molecule has 1 unspecified atom stereocenters. The number of hydrogen-bond acceptors (Lipinski definition) is 4. The summed E-state index contributed by atoms with van der Waals surface area (Å²) in [6.45, 7) is 10.2. The summed E-state index contributed by atoms with van der Waals surface area (Å²) in [6, 6.07) is 0. The molecule has 1 saturated heterocycles. The molecule has 1 aromatic rings. The highest BCUT2D eigenvalue weighted by atomic mass is 16.5. The highest BCUT2D eigenvalue weighted by Gasteiger charge is 2.39. The maximum Gasteiger partial charge on any atom is 0.309 e. The van der Waals surface area contributed by atoms with Gasteiger partial charge in [0.2, 0.25) is 0 Å². The van der Waals surface area contributed by atoms with Crippen molar-refractivity contribution < 1.29 is 14.4 Å². The zero-order valence-electron chi connectivity index (χ0n) is 12.8. The average molecular weight is 280 g/mol. The van der Waals surface area contributed by atoms with Gasteiger partial charge in [0.1, 0.15) is 5.76 Å². The zero-order valence-corrected chi connectivity index (χ0v) is 12.8. The smallest absolute Gasteiger partial charge is 0.309 e. The SMILES string of the molecule is Cc1noc(C)c1CN1CCCC(C(C)(C)C(=O)O)C1. The van der Waals surface area contributed by atoms with Crippen molar-refractivity contribution in [2.45, 2.75) is 47.1 Å². The summed E-state index contributed by atoms with van der Waals surface area (Å²) >= 11 is 0. The van der Waals surface area contributed by atoms with Crippen molar-refractivity contribution in [1.82, 2.24) is 10.1 Å². The average Bonchev–Trinajstić information content (AvgIpc) is 2.71. The summed E-state index contributed by atoms with van der Waals surface area (Å²) < 4.78 is 5.20. The van der Waals surface area contributed by atoms with Crippen LogP contribution in [0.5, 0.6) is 0 Å². The molecule has 20 heavy (non-hydrogen) atoms. The van der Waals surface area contributed by atoms with E-state index in [0.717, 1.165) is 49.5 Å². The minimum absolute atomic E-state index is 0.189. The van der Waals surface area contributed by atoms with Crippen molar-refractivity contribution in [2.75, 3.05) is 13.1 Å². The molecule has 0 spiro atoms. The van der Waals surface area contributed by atoms with Crippen LogP contribution in [0, 0.1) is 25.2 Å². The van der Waals surface area contributed by atoms with Gasteiger partial charge in [0.05, 0.1) is 11.1 Å². The minimum atomic E-state index is -0.707. The minimum Gasteiger partial charge on any atom is -0.481 e. The number of carbonyl (C=O) groups is 1. The third kappa shape index (κ3) is 2.87. The third-order valence-corrected chi connectivity index (χ3v) is 4.64. The van der Waals surface area contributed by atoms with Gasteiger partial charge in [-0.2, -0.15) is 0 Å². The van der Waals surface area contributed by atoms with Crippen molar-refractivity contribution in [1.29, 1.82) is 0 Å². The summed E-state index contributed by atoms with van der Waals surface area (Å²) in [7, 11) is 0. The van der Waals surface area contributed by atoms with Crippen molar-refractivity contribution >= 4 is 5.97 Å². The molecule has 5 nitrogen and oxygen atoms in total. The Kier molecular flexibility index (Phi) is 4.18. The van der Waals surface area contributed by atoms with E-state index in [0.29, 0.717) is 0 Å². The maximum absolute atomic E-state index is 11.4. The second-order valence-electron chi connectivity index (χ2n) is 6.40. The van der Waals surface area contributed by atoms with Crippen molar-refractivity contribution in [3.63, 3.8) is 0 Å². The summed E-state index contributed by atoms with van der Waals surface area (Å²) in [5.41, 5.74) is 1.40. The van der Waals surface area contributed by atoms with Gasteiger partial charge in [-0.15, -0.1) is 0 Å². The number of likely N-dealkylation sites (tertiary alicyclic amines) is 1. The van der Waals surface area contributed by atoms with Crippen LogP contribution >= 0.6 is 0 Å². The molecule has 0 radical (unpaired) electrons. The molecular formula is C15H24N2O3. The Labute approximate surface area is 119 Å². The molecule has 5 heteroatoms. The number of aromatic nitrogens is 1. The van der Waals surface area contributed by atoms with E-state index in [1.807, 2.05) is 27.7 Å². The predicted molar refractivity (Wildman–Crippen MR) is 75.4 cm³/mol. The molecule has 0 amide bonds. The largest absolute Gasteiger partial charge is 0.481 e. The third-order valence-electron chi connectivity index (χ3n) is 4.64. The lowest BCUT2D eigenvalue weighted by molar-refractivity contribution is -0.151. The fourth-order valence-electron chi connectivity index (χ4n) is 2.91. The first kappa shape index (κ1) is 15.0. The van der Waals surface area contributed by atoms with E-state index in [2.05, 4.69) is 10.1 Å². The van der Waals surface area contributed by atoms with Gasteiger partial charge in [0.15, 0.2) is 0 Å². The first-order valence-corrected chi connectivity index (χ1v) is 7.20. The van der Waals surface area contributed by atoms with E-state index in [1.54, 1.807) is 0 Å². The van der Waals surface area contributed by atoms with Gasteiger partial charge in [-0.25, -0.2) is 0 Å². The molecule has 1 aromatic heterocycles. The Bertz CT molecular complexity index is 474. The normalized spacial score (nSPS) is 21.1. The van der Waals surface area contributed by atoms with E-state index in [1.165, 1.54) is 0 Å². The zero-order chi connectivity index (χ0) is 14.9. The number of hydrogen-bond donors (Lipinski definition) is 1. The monoisotopic (exact) mass is 280 g/mol. The van der Waals surface area contributed by atoms with Crippen LogP contribution in [-0.2, 0) is 11.3 Å². The van der Waals surface area contributed by atoms with Crippen molar-refractivity contribution in [3.8, 4) is 0 Å². The molecule has 1 aliphatic rings. The summed E-state index contributed by atoms with van der Waals surface area (Å²) in [5, 5.41) is 13.4. The van der Waals surface area contributed by atoms with E-state index in [4.69, 9.17) is 4.52 Å². The first-order valence-electron chi connectivity index (χ1n) is 7.20. The van der Waals surface area contributed by atoms with Crippen LogP contribution in [0.2, 0.25) is 0 Å². The standard InChI is InChI=1S/C15H24N2O3/c1-10-13(11(2)20-16-10)9-17-7-5-6-12(8-17)15(3,4)14(18)19/h12H,5-9H2,1-4H3,(H,18,19). The van der Waals surface area contributed by atoms with Crippen LogP contribution < -0.4 is 0 Å². The van der Waals surface area contributed by atoms with Gasteiger partial charge in [-0.3, -0.25) is 9.69 Å². The Morgan fingerprint density at radius 1 is 1.50 bits per heavy atom. The van der Waals surface area contributed by atoms with Gasteiger partial charge in [0.25, 0.3) is 0 Å². The van der Waals surface area contributed by atoms with E-state index < -0.39 is 11.4 Å². The van der Waals surface area contributed by atoms with Crippen LogP contribution in [0.15, 0.2) is 4.52 Å². The van der Waals surface area contributed by atoms with E-state index in [9.17, 15) is 9.90 Å². The van der Waals surface area contributed by atoms with Gasteiger partial charge in [-0.1, -0.05) is 5.16 Å². The molecule has 1 N–H and O–H groups in total. The molecule has 0 bridgehead atoms. The number of nitrogens with zero attached hydrogens (tertiary/aromatic N) is 2. The van der Waals surface area contributed by atoms with Crippen LogP contribution in [0.25, 0.3) is 0 Å². The second kappa shape index (κ2) is 5.56. The molecule has 112 valence electrons. The number of aryl methyl sites for hydroxylation is 2. The highest BCUT2D eigenvalue weighted by molar-refractivity contribution is 5.74. The van der Waals surface area contributed by atoms with Crippen LogP contribution in [0.1, 0.15) is 43.7 Å². The summed E-state index contributed by atoms with van der Waals surface area (Å²) in [5.74, 6) is 0.345. The van der Waals surface area contributed by atoms with Crippen molar-refractivity contribution in [2.24, 2.45) is 11.3 Å². The first-order chi connectivity index (χ1) is 9.32. The van der Waals surface area contributed by atoms with Gasteiger partial charge in [0, 0.05) is 18.7 Å². The van der Waals surface area contributed by atoms with Crippen molar-refractivity contribution in [3.05, 3.63) is 17.0 Å². The second-order valence-corrected chi connectivity index (χ2v) is 6.40. The molecule has 2 rings (SSSR count). The molecule has 0 aliphatic carbocycles. The number of piperidine rings is 1. The van der Waals surface area contributed by atoms with Gasteiger partial charge in [-0.05, 0) is 53.0 Å². The molecular weight excluding hydrogens is 256 g/mol. The fraction of sp³-hybridized carbons (Fsp3) is 0.733. The Balaban J connectivity index is 2.06. The lowest BCUT2D eigenvalue weighted by Gasteiger charge is -2.39. The van der Waals surface area contributed by atoms with Crippen LogP contribution in [0.4, 0.5) is 0 Å². The number of carboxylic acids is 1. The summed E-state index contributed by atoms with van der Waals surface area (Å²) in [6.07, 6.45) is 2.03. The number of aliphatic carboxylic acids is 1. The Hall–Kier alpha value is -1.36. The molecule has 1 aliphatic heterocycles. The van der Waals surface area contributed by atoms with Gasteiger partial charge >= 0.3 is 5.97 Å². The molecule has 1 fully saturated rings. The fourth-order valence-corrected chi connectivity index (χ4v) is 2.91. The molecule has 0 saturated carbocycles. The molecule has 1 atom stereocenters. The number of rotatable bonds is 4. The number of carboxylic acid groups (broad SMARTS) is 1. The Morgan fingerprint density at radius 2 is 2.20 bits per heavy atom. The maximum atomic E-state index is 11.4. The highest BCUT2D eigenvalue weighted by Crippen LogP contribution is 2.34. The lowest BCUT2D eigenvalue weighted by atomic mass is 9.74. The van der Waals surface area contributed by atoms with Crippen LogP contribution in [0.3, 0.4) is 0 Å². The molecule has 2 heterocycles. The Morgan fingerprint density at radius 3 is 2.75 bits per heavy atom. The van der Waals surface area contributed by atoms with E-state index in [-0.39, 0.29) is 5.92 Å². The van der Waals surface area contributed by atoms with Crippen LogP contribution in [-0.4, -0.2) is 34.2 Å². The molecule has 0 aromatic carbocycles. The lowest BCUT2D eigenvalue weighted by Crippen LogP contribution is -2.44. The topological polar surface area (TPSA) is 66.6 Å². The summed E-state index contributed by atoms with van der Waals surface area (Å²) in [4.78, 5) is 13.7.